The van der Waals surface area contributed by atoms with E-state index in [9.17, 15) is 4.39 Å². The number of nitrogens with one attached hydrogen (secondary N) is 1. The van der Waals surface area contributed by atoms with E-state index in [1.54, 1.807) is 0 Å². The van der Waals surface area contributed by atoms with Gasteiger partial charge in [-0.05, 0) is 37.4 Å². The molecule has 1 N–H and O–H groups in total. The highest BCUT2D eigenvalue weighted by Crippen LogP contribution is 2.30. The summed E-state index contributed by atoms with van der Waals surface area (Å²) in [5.74, 6) is 0. The number of halogens is 1. The zero-order valence-corrected chi connectivity index (χ0v) is 10.1. The largest absolute Gasteiger partial charge is 0.368 e. The Kier molecular flexibility index (Phi) is 2.79. The van der Waals surface area contributed by atoms with Crippen molar-refractivity contribution in [3.8, 4) is 0 Å². The van der Waals surface area contributed by atoms with Gasteiger partial charge in [-0.25, -0.2) is 4.39 Å². The number of alkyl halides is 1. The molecule has 1 aromatic rings. The Hall–Kier alpha value is -1.09. The molecule has 1 saturated heterocycles. The number of hydrogen-bond acceptors (Lipinski definition) is 2. The lowest BCUT2D eigenvalue weighted by molar-refractivity contribution is 0.196. The van der Waals surface area contributed by atoms with Crippen LogP contribution in [0, 0.1) is 0 Å². The fourth-order valence-electron chi connectivity index (χ4n) is 2.97. The lowest BCUT2D eigenvalue weighted by Gasteiger charge is -2.35. The third kappa shape index (κ3) is 2.16. The Labute approximate surface area is 102 Å². The molecule has 2 aliphatic rings. The molecule has 2 heterocycles. The van der Waals surface area contributed by atoms with E-state index < -0.39 is 5.67 Å². The van der Waals surface area contributed by atoms with Gasteiger partial charge in [0.1, 0.15) is 5.67 Å². The summed E-state index contributed by atoms with van der Waals surface area (Å²) in [6.45, 7) is 2.84. The molecule has 0 bridgehead atoms. The van der Waals surface area contributed by atoms with Crippen LogP contribution in [0.15, 0.2) is 24.3 Å². The van der Waals surface area contributed by atoms with Crippen molar-refractivity contribution in [2.75, 3.05) is 31.1 Å². The number of nitrogens with zero attached hydrogens (tertiary/aromatic N) is 1. The molecule has 0 radical (unpaired) electrons. The third-order valence-corrected chi connectivity index (χ3v) is 3.87. The second-order valence-corrected chi connectivity index (χ2v) is 5.23. The summed E-state index contributed by atoms with van der Waals surface area (Å²) >= 11 is 0. The molecule has 2 aliphatic heterocycles. The number of fused-ring (bicyclic) bond motifs is 1. The minimum Gasteiger partial charge on any atom is -0.368 e. The minimum atomic E-state index is -1.04. The van der Waals surface area contributed by atoms with Gasteiger partial charge in [0.15, 0.2) is 0 Å². The predicted molar refractivity (Wildman–Crippen MR) is 68.3 cm³/mol. The first-order chi connectivity index (χ1) is 8.27. The third-order valence-electron chi connectivity index (χ3n) is 3.87. The van der Waals surface area contributed by atoms with Crippen LogP contribution in [0.25, 0.3) is 0 Å². The molecule has 1 aromatic carbocycles. The van der Waals surface area contributed by atoms with Gasteiger partial charge < -0.3 is 10.2 Å². The monoisotopic (exact) mass is 234 g/mol. The zero-order chi connectivity index (χ0) is 11.7. The first kappa shape index (κ1) is 11.0. The highest BCUT2D eigenvalue weighted by molar-refractivity contribution is 5.55. The van der Waals surface area contributed by atoms with Crippen LogP contribution >= 0.6 is 0 Å². The Morgan fingerprint density at radius 1 is 1.35 bits per heavy atom. The van der Waals surface area contributed by atoms with Crippen molar-refractivity contribution in [2.45, 2.75) is 24.9 Å². The van der Waals surface area contributed by atoms with Gasteiger partial charge in [-0.3, -0.25) is 0 Å². The molecule has 0 aliphatic carbocycles. The van der Waals surface area contributed by atoms with Gasteiger partial charge in [-0.15, -0.1) is 0 Å². The summed E-state index contributed by atoms with van der Waals surface area (Å²) in [7, 11) is 0. The number of anilines is 1. The molecule has 1 atom stereocenters. The van der Waals surface area contributed by atoms with Gasteiger partial charge in [0.05, 0.1) is 6.54 Å². The molecule has 1 unspecified atom stereocenters. The van der Waals surface area contributed by atoms with Gasteiger partial charge >= 0.3 is 0 Å². The molecule has 2 nitrogen and oxygen atoms in total. The second-order valence-electron chi connectivity index (χ2n) is 5.23. The molecule has 0 spiro atoms. The quantitative estimate of drug-likeness (QED) is 0.843. The van der Waals surface area contributed by atoms with Crippen molar-refractivity contribution in [1.82, 2.24) is 5.32 Å². The van der Waals surface area contributed by atoms with Crippen LogP contribution in [-0.4, -0.2) is 31.8 Å². The molecular formula is C14H19FN2. The van der Waals surface area contributed by atoms with E-state index in [0.29, 0.717) is 19.5 Å². The molecule has 92 valence electrons. The second kappa shape index (κ2) is 4.30. The van der Waals surface area contributed by atoms with Gasteiger partial charge in [-0.1, -0.05) is 18.2 Å². The average Bonchev–Trinajstić information content (AvgIpc) is 2.76. The summed E-state index contributed by atoms with van der Waals surface area (Å²) in [5, 5.41) is 3.12. The Morgan fingerprint density at radius 3 is 3.06 bits per heavy atom. The standard InChI is InChI=1S/C14H19FN2/c15-14(7-8-16-10-14)11-17-9-3-5-12-4-1-2-6-13(12)17/h1-2,4,6,16H,3,5,7-11H2. The van der Waals surface area contributed by atoms with Crippen molar-refractivity contribution in [3.05, 3.63) is 29.8 Å². The number of hydrogen-bond donors (Lipinski definition) is 1. The maximum Gasteiger partial charge on any atom is 0.141 e. The molecule has 3 heteroatoms. The normalized spacial score (nSPS) is 28.2. The van der Waals surface area contributed by atoms with E-state index in [-0.39, 0.29) is 0 Å². The van der Waals surface area contributed by atoms with Crippen LogP contribution in [0.2, 0.25) is 0 Å². The van der Waals surface area contributed by atoms with Crippen LogP contribution in [0.1, 0.15) is 18.4 Å². The van der Waals surface area contributed by atoms with E-state index >= 15 is 0 Å². The van der Waals surface area contributed by atoms with Crippen molar-refractivity contribution in [2.24, 2.45) is 0 Å². The fourth-order valence-corrected chi connectivity index (χ4v) is 2.97. The average molecular weight is 234 g/mol. The Morgan fingerprint density at radius 2 is 2.24 bits per heavy atom. The van der Waals surface area contributed by atoms with Crippen molar-refractivity contribution >= 4 is 5.69 Å². The lowest BCUT2D eigenvalue weighted by Crippen LogP contribution is -2.43. The minimum absolute atomic E-state index is 0.506. The molecule has 1 fully saturated rings. The lowest BCUT2D eigenvalue weighted by atomic mass is 9.98. The summed E-state index contributed by atoms with van der Waals surface area (Å²) in [5.41, 5.74) is 1.57. The van der Waals surface area contributed by atoms with Crippen LogP contribution in [-0.2, 0) is 6.42 Å². The van der Waals surface area contributed by atoms with E-state index in [1.807, 2.05) is 0 Å². The topological polar surface area (TPSA) is 15.3 Å². The van der Waals surface area contributed by atoms with E-state index in [0.717, 1.165) is 25.9 Å². The Bertz CT molecular complexity index is 399. The molecule has 0 aromatic heterocycles. The number of rotatable bonds is 2. The Balaban J connectivity index is 1.81. The first-order valence-electron chi connectivity index (χ1n) is 6.49. The summed E-state index contributed by atoms with van der Waals surface area (Å²) in [4.78, 5) is 2.23. The number of para-hydroxylation sites is 1. The number of aryl methyl sites for hydroxylation is 1. The van der Waals surface area contributed by atoms with Gasteiger partial charge in [0, 0.05) is 18.8 Å². The maximum atomic E-state index is 14.5. The molecule has 17 heavy (non-hydrogen) atoms. The van der Waals surface area contributed by atoms with Crippen molar-refractivity contribution in [3.63, 3.8) is 0 Å². The first-order valence-corrected chi connectivity index (χ1v) is 6.49. The zero-order valence-electron chi connectivity index (χ0n) is 10.1. The summed E-state index contributed by atoms with van der Waals surface area (Å²) < 4.78 is 14.5. The SMILES string of the molecule is FC1(CN2CCCc3ccccc32)CCNC1. The predicted octanol–water partition coefficient (Wildman–Crippen LogP) is 2.14. The van der Waals surface area contributed by atoms with Gasteiger partial charge in [-0.2, -0.15) is 0 Å². The summed E-state index contributed by atoms with van der Waals surface area (Å²) in [6, 6.07) is 8.42. The van der Waals surface area contributed by atoms with Crippen molar-refractivity contribution < 1.29 is 4.39 Å². The van der Waals surface area contributed by atoms with E-state index in [2.05, 4.69) is 34.5 Å². The molecule has 0 amide bonds. The highest BCUT2D eigenvalue weighted by atomic mass is 19.1. The fraction of sp³-hybridized carbons (Fsp3) is 0.571. The molecule has 3 rings (SSSR count). The smallest absolute Gasteiger partial charge is 0.141 e. The van der Waals surface area contributed by atoms with Crippen LogP contribution in [0.3, 0.4) is 0 Å². The van der Waals surface area contributed by atoms with Gasteiger partial charge in [0.25, 0.3) is 0 Å². The van der Waals surface area contributed by atoms with Gasteiger partial charge in [0.2, 0.25) is 0 Å². The van der Waals surface area contributed by atoms with Crippen LogP contribution in [0.5, 0.6) is 0 Å². The van der Waals surface area contributed by atoms with E-state index in [4.69, 9.17) is 0 Å². The number of benzene rings is 1. The van der Waals surface area contributed by atoms with Crippen LogP contribution < -0.4 is 10.2 Å². The summed E-state index contributed by atoms with van der Waals surface area (Å²) in [6.07, 6.45) is 2.91. The van der Waals surface area contributed by atoms with Crippen molar-refractivity contribution in [1.29, 1.82) is 0 Å². The van der Waals surface area contributed by atoms with Crippen LogP contribution in [0.4, 0.5) is 10.1 Å². The highest BCUT2D eigenvalue weighted by Gasteiger charge is 2.36. The molecule has 0 saturated carbocycles. The molecular weight excluding hydrogens is 215 g/mol. The maximum absolute atomic E-state index is 14.5. The van der Waals surface area contributed by atoms with E-state index in [1.165, 1.54) is 11.3 Å².